The molecule has 1 rings (SSSR count). The molecule has 0 bridgehead atoms. The minimum absolute atomic E-state index is 0.00358. The van der Waals surface area contributed by atoms with Gasteiger partial charge in [-0.1, -0.05) is 6.07 Å². The maximum Gasteiger partial charge on any atom is 0.303 e. The van der Waals surface area contributed by atoms with Crippen LogP contribution in [-0.4, -0.2) is 15.6 Å². The lowest BCUT2D eigenvalue weighted by atomic mass is 10.1. The lowest BCUT2D eigenvalue weighted by molar-refractivity contribution is -0.136. The highest BCUT2D eigenvalue weighted by molar-refractivity contribution is 5.67. The molecule has 0 fully saturated rings. The Balaban J connectivity index is 3.09. The number of hydrogen-bond donors (Lipinski definition) is 1. The Hall–Kier alpha value is -1.58. The van der Waals surface area contributed by atoms with Gasteiger partial charge in [0.2, 0.25) is 0 Å². The summed E-state index contributed by atoms with van der Waals surface area (Å²) in [5.41, 5.74) is 1.40. The third kappa shape index (κ3) is 2.72. The van der Waals surface area contributed by atoms with Crippen LogP contribution in [0.2, 0.25) is 0 Å². The third-order valence-electron chi connectivity index (χ3n) is 2.52. The van der Waals surface area contributed by atoms with Crippen LogP contribution < -0.4 is 5.56 Å². The number of aliphatic carboxylic acids is 1. The zero-order valence-corrected chi connectivity index (χ0v) is 9.86. The van der Waals surface area contributed by atoms with Gasteiger partial charge in [0.05, 0.1) is 0 Å². The second kappa shape index (κ2) is 4.96. The van der Waals surface area contributed by atoms with Gasteiger partial charge in [-0.15, -0.1) is 0 Å². The first-order valence-corrected chi connectivity index (χ1v) is 5.36. The van der Waals surface area contributed by atoms with E-state index >= 15 is 0 Å². The molecule has 0 saturated carbocycles. The van der Waals surface area contributed by atoms with E-state index in [2.05, 4.69) is 0 Å². The van der Waals surface area contributed by atoms with E-state index in [0.717, 1.165) is 5.69 Å². The Bertz CT molecular complexity index is 446. The van der Waals surface area contributed by atoms with E-state index in [1.807, 2.05) is 26.8 Å². The molecule has 0 radical (unpaired) electrons. The van der Waals surface area contributed by atoms with Crippen molar-refractivity contribution in [1.29, 1.82) is 0 Å². The topological polar surface area (TPSA) is 59.3 Å². The molecule has 0 atom stereocenters. The van der Waals surface area contributed by atoms with Gasteiger partial charge in [-0.3, -0.25) is 9.59 Å². The summed E-state index contributed by atoms with van der Waals surface area (Å²) in [6.07, 6.45) is 0.289. The quantitative estimate of drug-likeness (QED) is 0.846. The number of carboxylic acid groups (broad SMARTS) is 1. The number of carboxylic acids is 1. The second-order valence-electron chi connectivity index (χ2n) is 4.16. The molecule has 16 heavy (non-hydrogen) atoms. The Morgan fingerprint density at radius 3 is 2.56 bits per heavy atom. The number of pyridine rings is 1. The molecule has 1 heterocycles. The molecule has 0 saturated heterocycles. The smallest absolute Gasteiger partial charge is 0.303 e. The minimum atomic E-state index is -0.879. The van der Waals surface area contributed by atoms with E-state index in [0.29, 0.717) is 12.0 Å². The van der Waals surface area contributed by atoms with Gasteiger partial charge in [-0.25, -0.2) is 0 Å². The average Bonchev–Trinajstić information content (AvgIpc) is 2.15. The third-order valence-corrected chi connectivity index (χ3v) is 2.52. The fourth-order valence-electron chi connectivity index (χ4n) is 1.76. The Morgan fingerprint density at radius 2 is 2.06 bits per heavy atom. The van der Waals surface area contributed by atoms with Crippen LogP contribution in [0, 0.1) is 6.92 Å². The van der Waals surface area contributed by atoms with E-state index in [-0.39, 0.29) is 18.0 Å². The molecule has 0 aromatic carbocycles. The first kappa shape index (κ1) is 12.5. The van der Waals surface area contributed by atoms with Gasteiger partial charge in [0.1, 0.15) is 0 Å². The van der Waals surface area contributed by atoms with Gasteiger partial charge in [-0.05, 0) is 33.3 Å². The van der Waals surface area contributed by atoms with Crippen molar-refractivity contribution in [3.05, 3.63) is 33.7 Å². The predicted molar refractivity (Wildman–Crippen MR) is 61.8 cm³/mol. The van der Waals surface area contributed by atoms with Crippen LogP contribution >= 0.6 is 0 Å². The van der Waals surface area contributed by atoms with Crippen molar-refractivity contribution in [2.45, 2.75) is 39.7 Å². The van der Waals surface area contributed by atoms with Gasteiger partial charge in [-0.2, -0.15) is 0 Å². The molecular formula is C12H17NO3. The molecule has 0 aliphatic carbocycles. The van der Waals surface area contributed by atoms with Gasteiger partial charge in [0.15, 0.2) is 0 Å². The number of aromatic nitrogens is 1. The summed E-state index contributed by atoms with van der Waals surface area (Å²) < 4.78 is 1.69. The Labute approximate surface area is 94.5 Å². The molecule has 1 N–H and O–H groups in total. The average molecular weight is 223 g/mol. The first-order chi connectivity index (χ1) is 7.43. The SMILES string of the molecule is Cc1ccc(CCC(=O)O)c(=O)n1C(C)C. The van der Waals surface area contributed by atoms with Crippen molar-refractivity contribution in [1.82, 2.24) is 4.57 Å². The molecule has 0 spiro atoms. The van der Waals surface area contributed by atoms with E-state index in [9.17, 15) is 9.59 Å². The van der Waals surface area contributed by atoms with Crippen molar-refractivity contribution < 1.29 is 9.90 Å². The van der Waals surface area contributed by atoms with E-state index in [4.69, 9.17) is 5.11 Å². The van der Waals surface area contributed by atoms with Crippen molar-refractivity contribution in [2.24, 2.45) is 0 Å². The number of aryl methyl sites for hydroxylation is 2. The van der Waals surface area contributed by atoms with Crippen LogP contribution in [0.4, 0.5) is 0 Å². The van der Waals surface area contributed by atoms with E-state index in [1.54, 1.807) is 10.6 Å². The van der Waals surface area contributed by atoms with E-state index < -0.39 is 5.97 Å². The fourth-order valence-corrected chi connectivity index (χ4v) is 1.76. The molecule has 1 aromatic rings. The maximum absolute atomic E-state index is 12.0. The highest BCUT2D eigenvalue weighted by atomic mass is 16.4. The minimum Gasteiger partial charge on any atom is -0.481 e. The maximum atomic E-state index is 12.0. The van der Waals surface area contributed by atoms with Gasteiger partial charge in [0, 0.05) is 23.7 Å². The van der Waals surface area contributed by atoms with E-state index in [1.165, 1.54) is 0 Å². The van der Waals surface area contributed by atoms with Crippen molar-refractivity contribution in [3.63, 3.8) is 0 Å². The van der Waals surface area contributed by atoms with Crippen LogP contribution in [0.15, 0.2) is 16.9 Å². The molecule has 0 aliphatic rings. The lowest BCUT2D eigenvalue weighted by Crippen LogP contribution is -2.27. The predicted octanol–water partition coefficient (Wildman–Crippen LogP) is 1.75. The summed E-state index contributed by atoms with van der Waals surface area (Å²) >= 11 is 0. The zero-order chi connectivity index (χ0) is 12.3. The van der Waals surface area contributed by atoms with Crippen LogP contribution in [0.5, 0.6) is 0 Å². The summed E-state index contributed by atoms with van der Waals surface area (Å²) in [4.78, 5) is 22.5. The molecule has 0 unspecified atom stereocenters. The Kier molecular flexibility index (Phi) is 3.88. The standard InChI is InChI=1S/C12H17NO3/c1-8(2)13-9(3)4-5-10(12(13)16)6-7-11(14)15/h4-5,8H,6-7H2,1-3H3,(H,14,15). The molecule has 4 nitrogen and oxygen atoms in total. The largest absolute Gasteiger partial charge is 0.481 e. The highest BCUT2D eigenvalue weighted by Gasteiger charge is 2.09. The summed E-state index contributed by atoms with van der Waals surface area (Å²) in [5.74, 6) is -0.879. The number of nitrogens with zero attached hydrogens (tertiary/aromatic N) is 1. The van der Waals surface area contributed by atoms with Crippen molar-refractivity contribution in [2.75, 3.05) is 0 Å². The van der Waals surface area contributed by atoms with Crippen LogP contribution in [-0.2, 0) is 11.2 Å². The molecule has 4 heteroatoms. The molecule has 0 aliphatic heterocycles. The van der Waals surface area contributed by atoms with Crippen LogP contribution in [0.1, 0.15) is 37.6 Å². The van der Waals surface area contributed by atoms with Gasteiger partial charge in [0.25, 0.3) is 5.56 Å². The first-order valence-electron chi connectivity index (χ1n) is 5.36. The molecule has 1 aromatic heterocycles. The normalized spacial score (nSPS) is 10.8. The van der Waals surface area contributed by atoms with Gasteiger partial charge < -0.3 is 9.67 Å². The molecular weight excluding hydrogens is 206 g/mol. The highest BCUT2D eigenvalue weighted by Crippen LogP contribution is 2.07. The molecule has 88 valence electrons. The van der Waals surface area contributed by atoms with Crippen molar-refractivity contribution >= 4 is 5.97 Å². The van der Waals surface area contributed by atoms with Crippen LogP contribution in [0.3, 0.4) is 0 Å². The second-order valence-corrected chi connectivity index (χ2v) is 4.16. The van der Waals surface area contributed by atoms with Crippen molar-refractivity contribution in [3.8, 4) is 0 Å². The van der Waals surface area contributed by atoms with Crippen LogP contribution in [0.25, 0.3) is 0 Å². The number of carbonyl (C=O) groups is 1. The van der Waals surface area contributed by atoms with Gasteiger partial charge >= 0.3 is 5.97 Å². The summed E-state index contributed by atoms with van der Waals surface area (Å²) in [5, 5.41) is 8.59. The summed E-state index contributed by atoms with van der Waals surface area (Å²) in [7, 11) is 0. The molecule has 0 amide bonds. The lowest BCUT2D eigenvalue weighted by Gasteiger charge is -2.15. The summed E-state index contributed by atoms with van der Waals surface area (Å²) in [6, 6.07) is 3.68. The fraction of sp³-hybridized carbons (Fsp3) is 0.500. The Morgan fingerprint density at radius 1 is 1.44 bits per heavy atom. The summed E-state index contributed by atoms with van der Waals surface area (Å²) in [6.45, 7) is 5.76. The number of hydrogen-bond acceptors (Lipinski definition) is 2. The zero-order valence-electron chi connectivity index (χ0n) is 9.86. The number of rotatable bonds is 4. The monoisotopic (exact) mass is 223 g/mol.